The Hall–Kier alpha value is -12.0. The standard InChI is InChI=1S/C24H25F2N3O3S.C22H22F2N2O2S.C20H15F2N3OS.C19H16F2N2OS.C18H14F2N2OS/c1-16(30)29-24(33-23(27-29)19-14-18(25)6-7-21(19)26)17(8-9-28-10-12-31-13-11-28)15-32-22-5-3-2-4-20(22)24;1-3-4-7-15-13-28-20-9-6-5-8-18(20)22(15)26(14(2)27)25-21(29-22)17-12-16(23)10-11-19(17)24;1-12(26)25-20(14(8-9-23)10-13-4-2-3-5-17(13)20)27-19(24-25)16-11-15(21)6-7-18(16)22;1-12(24)23-19(10-4-6-13-5-2-3-7-16(13)19)25-18(22-23)15-11-14(20)8-9-17(15)21;1-11(23)22-18(9-8-12-4-2-3-5-15(12)18)24-17(21-22)14-10-13(19)6-7-16(14)20/h2-7,14,17H,8-13,15H2,1H3;5-6,8-12,15H,3-4,7,13H2,1-2H3;2-7,11,14H,8,10H2,1H3;2-3,5,7-9,11H,4,6,10H2,1H3;2-7,10H,8-9H2,1H3/t17-,24+;15-,22+;14-,20+;;/m111../s1. The molecule has 2 unspecified atom stereocenters. The minimum absolute atomic E-state index is 0.0169. The first-order valence-corrected chi connectivity index (χ1v) is 49.1. The molecule has 21 rings (SSSR count). The third-order valence-electron chi connectivity index (χ3n) is 25.8. The molecule has 8 aliphatic heterocycles. The number of hydrazone groups is 5. The molecule has 10 aromatic rings. The van der Waals surface area contributed by atoms with Gasteiger partial charge in [0.15, 0.2) is 9.74 Å². The van der Waals surface area contributed by atoms with Crippen molar-refractivity contribution >= 4 is 114 Å². The van der Waals surface area contributed by atoms with E-state index in [1.54, 1.807) is 0 Å². The Balaban J connectivity index is 0.000000120. The van der Waals surface area contributed by atoms with Crippen LogP contribution in [0.4, 0.5) is 43.9 Å². The molecule has 0 N–H and O–H groups in total. The van der Waals surface area contributed by atoms with E-state index in [2.05, 4.69) is 49.5 Å². The highest BCUT2D eigenvalue weighted by molar-refractivity contribution is 8.16. The van der Waals surface area contributed by atoms with Crippen LogP contribution in [0.1, 0.15) is 165 Å². The largest absolute Gasteiger partial charge is 0.493 e. The summed E-state index contributed by atoms with van der Waals surface area (Å²) in [6, 6.07) is 57.2. The van der Waals surface area contributed by atoms with Crippen molar-refractivity contribution in [1.29, 1.82) is 5.26 Å². The molecule has 10 aromatic carbocycles. The fraction of sp³-hybridized carbons (Fsp3) is 0.311. The summed E-state index contributed by atoms with van der Waals surface area (Å²) in [5.41, 5.74) is 8.27. The number of rotatable bonds is 12. The zero-order chi connectivity index (χ0) is 97.3. The molecule has 712 valence electrons. The number of hydrogen-bond donors (Lipinski definition) is 0. The van der Waals surface area contributed by atoms with Crippen LogP contribution in [0, 0.1) is 87.3 Å². The maximum Gasteiger partial charge on any atom is 0.241 e. The van der Waals surface area contributed by atoms with Gasteiger partial charge in [0.05, 0.1) is 32.5 Å². The number of carbonyl (C=O) groups excluding carboxylic acids is 5. The number of hydrogen-bond acceptors (Lipinski definition) is 20. The summed E-state index contributed by atoms with van der Waals surface area (Å²) >= 11 is 6.51. The molecular weight excluding hydrogens is 1880 g/mol. The molecule has 5 spiro atoms. The Bertz CT molecular complexity index is 6690. The van der Waals surface area contributed by atoms with E-state index in [-0.39, 0.29) is 91.6 Å². The molecule has 1 fully saturated rings. The molecule has 5 amide bonds. The van der Waals surface area contributed by atoms with Gasteiger partial charge in [-0.2, -0.15) is 30.8 Å². The Kier molecular flexibility index (Phi) is 28.8. The SMILES string of the molecule is CC(=O)N1N=C(c2cc(F)ccc2F)SC12CCCc1ccccc12.CC(=O)N1N=C(c2cc(F)ccc2F)SC12CCc1ccccc12.CC(=O)N1N=C(c2cc(F)ccc2F)S[C@@]12c1ccccc1C[C@H]2CC#N.CC(=O)N1N=C(c2cc(F)ccc2F)S[C@@]12c1ccccc1OC[C@H]2CCN1CCOCC1.CCCC[C@@H]1COc2ccccc2[C@@]12SC(c1cc(F)ccc1F)=NN2C(C)=O. The number of carbonyl (C=O) groups is 5. The Morgan fingerprint density at radius 3 is 1.12 bits per heavy atom. The summed E-state index contributed by atoms with van der Waals surface area (Å²) in [5, 5.41) is 40.1. The molecule has 0 bridgehead atoms. The molecule has 138 heavy (non-hydrogen) atoms. The van der Waals surface area contributed by atoms with Gasteiger partial charge >= 0.3 is 0 Å². The average Bonchev–Trinajstić information content (AvgIpc) is 1.56. The van der Waals surface area contributed by atoms with Gasteiger partial charge in [-0.3, -0.25) is 28.9 Å². The molecule has 8 atom stereocenters. The lowest BCUT2D eigenvalue weighted by molar-refractivity contribution is -0.135. The number of benzene rings is 10. The van der Waals surface area contributed by atoms with Gasteiger partial charge in [-0.15, -0.1) is 0 Å². The van der Waals surface area contributed by atoms with Crippen LogP contribution in [0.15, 0.2) is 238 Å². The number of morpholine rings is 1. The molecule has 0 aromatic heterocycles. The zero-order valence-corrected chi connectivity index (χ0v) is 79.7. The van der Waals surface area contributed by atoms with E-state index in [1.807, 2.05) is 115 Å². The summed E-state index contributed by atoms with van der Waals surface area (Å²) in [5.74, 6) is -5.81. The number of thioether (sulfide) groups is 5. The van der Waals surface area contributed by atoms with Crippen molar-refractivity contribution in [3.8, 4) is 17.6 Å². The highest BCUT2D eigenvalue weighted by atomic mass is 32.2. The highest BCUT2D eigenvalue weighted by Crippen LogP contribution is 2.63. The van der Waals surface area contributed by atoms with Gasteiger partial charge in [-0.1, -0.05) is 188 Å². The average molecular weight is 1980 g/mol. The van der Waals surface area contributed by atoms with Crippen molar-refractivity contribution in [2.24, 2.45) is 43.3 Å². The number of amides is 5. The number of unbranched alkanes of at least 4 members (excludes halogenated alkanes) is 1. The summed E-state index contributed by atoms with van der Waals surface area (Å²) in [6.07, 6.45) is 8.47. The maximum absolute atomic E-state index is 14.7. The second kappa shape index (κ2) is 40.8. The monoisotopic (exact) mass is 1970 g/mol. The van der Waals surface area contributed by atoms with Gasteiger partial charge in [0.1, 0.15) is 110 Å². The minimum atomic E-state index is -0.924. The predicted octanol–water partition coefficient (Wildman–Crippen LogP) is 21.7. The first-order chi connectivity index (χ1) is 66.4. The van der Waals surface area contributed by atoms with Crippen molar-refractivity contribution in [1.82, 2.24) is 29.9 Å². The molecule has 0 saturated carbocycles. The number of aryl methyl sites for hydroxylation is 2. The van der Waals surface area contributed by atoms with E-state index in [9.17, 15) is 73.1 Å². The van der Waals surface area contributed by atoms with E-state index < -0.39 is 82.5 Å². The smallest absolute Gasteiger partial charge is 0.241 e. The molecule has 0 radical (unpaired) electrons. The molecule has 20 nitrogen and oxygen atoms in total. The van der Waals surface area contributed by atoms with Crippen LogP contribution < -0.4 is 9.47 Å². The molecule has 11 aliphatic rings. The van der Waals surface area contributed by atoms with Crippen molar-refractivity contribution in [2.75, 3.05) is 46.1 Å². The third kappa shape index (κ3) is 18.5. The lowest BCUT2D eigenvalue weighted by Gasteiger charge is -2.45. The summed E-state index contributed by atoms with van der Waals surface area (Å²) in [7, 11) is 0. The van der Waals surface area contributed by atoms with E-state index >= 15 is 0 Å². The summed E-state index contributed by atoms with van der Waals surface area (Å²) in [4.78, 5) is 60.8. The summed E-state index contributed by atoms with van der Waals surface area (Å²) < 4.78 is 158. The van der Waals surface area contributed by atoms with E-state index in [4.69, 9.17) is 14.2 Å². The highest BCUT2D eigenvalue weighted by Gasteiger charge is 2.61. The van der Waals surface area contributed by atoms with Crippen molar-refractivity contribution in [3.05, 3.63) is 343 Å². The molecule has 3 aliphatic carbocycles. The Labute approximate surface area is 811 Å². The first kappa shape index (κ1) is 97.6. The maximum atomic E-state index is 14.7. The lowest BCUT2D eigenvalue weighted by atomic mass is 9.85. The van der Waals surface area contributed by atoms with Gasteiger partial charge in [-0.25, -0.2) is 68.9 Å². The fourth-order valence-corrected chi connectivity index (χ4v) is 27.3. The summed E-state index contributed by atoms with van der Waals surface area (Å²) in [6.45, 7) is 14.1. The molecule has 35 heteroatoms. The van der Waals surface area contributed by atoms with Crippen molar-refractivity contribution < 1.29 is 82.1 Å². The molecular formula is C103H92F10N12O8S5. The van der Waals surface area contributed by atoms with Gasteiger partial charge in [0.2, 0.25) is 29.5 Å². The Morgan fingerprint density at radius 1 is 0.391 bits per heavy atom. The number of halogens is 10. The number of para-hydroxylation sites is 2. The van der Waals surface area contributed by atoms with Crippen molar-refractivity contribution in [2.45, 2.75) is 137 Å². The predicted molar refractivity (Wildman–Crippen MR) is 514 cm³/mol. The van der Waals surface area contributed by atoms with Gasteiger partial charge in [0, 0.05) is 111 Å². The van der Waals surface area contributed by atoms with Crippen LogP contribution in [-0.2, 0) is 72.3 Å². The molecule has 1 saturated heterocycles. The van der Waals surface area contributed by atoms with Crippen LogP contribution >= 0.6 is 58.8 Å². The second-order valence-electron chi connectivity index (χ2n) is 34.5. The third-order valence-corrected chi connectivity index (χ3v) is 33.3. The van der Waals surface area contributed by atoms with Crippen LogP contribution in [0.2, 0.25) is 0 Å². The topological polar surface area (TPSA) is 218 Å². The zero-order valence-electron chi connectivity index (χ0n) is 75.6. The van der Waals surface area contributed by atoms with E-state index in [0.717, 1.165) is 201 Å². The van der Waals surface area contributed by atoms with Crippen LogP contribution in [-0.4, -0.2) is 131 Å². The van der Waals surface area contributed by atoms with Crippen LogP contribution in [0.25, 0.3) is 0 Å². The lowest BCUT2D eigenvalue weighted by Crippen LogP contribution is -2.51. The second-order valence-corrected chi connectivity index (χ2v) is 40.6. The normalized spacial score (nSPS) is 23.2. The fourth-order valence-electron chi connectivity index (χ4n) is 19.6. The van der Waals surface area contributed by atoms with Gasteiger partial charge in [0.25, 0.3) is 0 Å². The number of ether oxygens (including phenoxy) is 3. The number of fused-ring (bicyclic) bond motifs is 10. The van der Waals surface area contributed by atoms with Crippen molar-refractivity contribution in [3.63, 3.8) is 0 Å². The van der Waals surface area contributed by atoms with Gasteiger partial charge in [-0.05, 0) is 194 Å². The van der Waals surface area contributed by atoms with Gasteiger partial charge < -0.3 is 14.2 Å². The molecule has 8 heterocycles. The van der Waals surface area contributed by atoms with Crippen LogP contribution in [0.3, 0.4) is 0 Å². The van der Waals surface area contributed by atoms with E-state index in [0.29, 0.717) is 65.9 Å². The number of nitrogens with zero attached hydrogens (tertiary/aromatic N) is 12. The van der Waals surface area contributed by atoms with Crippen LogP contribution in [0.5, 0.6) is 11.5 Å². The quantitative estimate of drug-likeness (QED) is 0.104. The number of nitriles is 1. The van der Waals surface area contributed by atoms with E-state index in [1.165, 1.54) is 124 Å². The minimum Gasteiger partial charge on any atom is -0.493 e. The Morgan fingerprint density at radius 2 is 0.725 bits per heavy atom. The first-order valence-electron chi connectivity index (χ1n) is 45.0.